The van der Waals surface area contributed by atoms with Gasteiger partial charge in [-0.15, -0.1) is 11.3 Å². The average Bonchev–Trinajstić information content (AvgIpc) is 2.72. The van der Waals surface area contributed by atoms with Crippen LogP contribution in [0.15, 0.2) is 29.6 Å². The summed E-state index contributed by atoms with van der Waals surface area (Å²) < 4.78 is 18.4. The third kappa shape index (κ3) is 2.62. The van der Waals surface area contributed by atoms with Gasteiger partial charge in [-0.3, -0.25) is 0 Å². The molecule has 0 atom stereocenters. The van der Waals surface area contributed by atoms with E-state index in [2.05, 4.69) is 0 Å². The van der Waals surface area contributed by atoms with Gasteiger partial charge in [-0.25, -0.2) is 9.18 Å². The molecule has 0 aliphatic carbocycles. The van der Waals surface area contributed by atoms with Gasteiger partial charge in [0.2, 0.25) is 0 Å². The first-order chi connectivity index (χ1) is 8.06. The molecular weight excluding hydrogens is 243 g/mol. The van der Waals surface area contributed by atoms with Crippen molar-refractivity contribution >= 4 is 17.3 Å². The Hall–Kier alpha value is -1.88. The Bertz CT molecular complexity index is 563. The lowest BCUT2D eigenvalue weighted by Gasteiger charge is -2.06. The fourth-order valence-electron chi connectivity index (χ4n) is 1.30. The number of rotatable bonds is 3. The van der Waals surface area contributed by atoms with E-state index in [1.165, 1.54) is 18.2 Å². The molecule has 0 saturated heterocycles. The number of ether oxygens (including phenoxy) is 1. The summed E-state index contributed by atoms with van der Waals surface area (Å²) in [6.07, 6.45) is 0. The zero-order valence-corrected chi connectivity index (χ0v) is 9.75. The predicted octanol–water partition coefficient (Wildman–Crippen LogP) is 3.69. The van der Waals surface area contributed by atoms with E-state index in [4.69, 9.17) is 9.84 Å². The van der Waals surface area contributed by atoms with E-state index in [-0.39, 0.29) is 10.7 Å². The summed E-state index contributed by atoms with van der Waals surface area (Å²) >= 11 is 1.07. The van der Waals surface area contributed by atoms with Gasteiger partial charge in [-0.05, 0) is 18.6 Å². The largest absolute Gasteiger partial charge is 0.477 e. The molecule has 2 aromatic rings. The van der Waals surface area contributed by atoms with Crippen LogP contribution in [0.1, 0.15) is 15.2 Å². The van der Waals surface area contributed by atoms with E-state index in [9.17, 15) is 9.18 Å². The lowest BCUT2D eigenvalue weighted by atomic mass is 10.2. The second kappa shape index (κ2) is 4.55. The third-order valence-corrected chi connectivity index (χ3v) is 3.06. The molecule has 17 heavy (non-hydrogen) atoms. The molecule has 2 rings (SSSR count). The molecule has 0 unspecified atom stereocenters. The van der Waals surface area contributed by atoms with E-state index in [1.807, 2.05) is 0 Å². The second-order valence-electron chi connectivity index (χ2n) is 3.46. The summed E-state index contributed by atoms with van der Waals surface area (Å²) in [6, 6.07) is 5.64. The van der Waals surface area contributed by atoms with Crippen LogP contribution in [0.25, 0.3) is 0 Å². The van der Waals surface area contributed by atoms with Gasteiger partial charge in [0.05, 0.1) is 0 Å². The highest BCUT2D eigenvalue weighted by Gasteiger charge is 2.09. The summed E-state index contributed by atoms with van der Waals surface area (Å²) in [6.45, 7) is 1.79. The Morgan fingerprint density at radius 1 is 1.41 bits per heavy atom. The zero-order valence-electron chi connectivity index (χ0n) is 8.94. The van der Waals surface area contributed by atoms with Crippen LogP contribution in [-0.2, 0) is 0 Å². The van der Waals surface area contributed by atoms with Gasteiger partial charge in [-0.1, -0.05) is 6.07 Å². The molecular formula is C12H9FO3S. The lowest BCUT2D eigenvalue weighted by molar-refractivity contribution is 0.0702. The molecule has 0 bridgehead atoms. The summed E-state index contributed by atoms with van der Waals surface area (Å²) in [5.74, 6) is -0.596. The van der Waals surface area contributed by atoms with Crippen LogP contribution in [0.2, 0.25) is 0 Å². The van der Waals surface area contributed by atoms with Crippen LogP contribution >= 0.6 is 11.3 Å². The van der Waals surface area contributed by atoms with Crippen molar-refractivity contribution in [1.29, 1.82) is 0 Å². The molecule has 1 heterocycles. The predicted molar refractivity (Wildman–Crippen MR) is 62.5 cm³/mol. The number of carboxylic acids is 1. The summed E-state index contributed by atoms with van der Waals surface area (Å²) in [7, 11) is 0. The molecule has 88 valence electrons. The van der Waals surface area contributed by atoms with Crippen LogP contribution < -0.4 is 4.74 Å². The van der Waals surface area contributed by atoms with Crippen molar-refractivity contribution in [2.45, 2.75) is 6.92 Å². The van der Waals surface area contributed by atoms with E-state index < -0.39 is 5.97 Å². The Morgan fingerprint density at radius 3 is 2.82 bits per heavy atom. The smallest absolute Gasteiger partial charge is 0.346 e. The lowest BCUT2D eigenvalue weighted by Crippen LogP contribution is -1.91. The van der Waals surface area contributed by atoms with Crippen LogP contribution in [0.4, 0.5) is 4.39 Å². The summed E-state index contributed by atoms with van der Waals surface area (Å²) in [5, 5.41) is 10.3. The molecule has 0 fully saturated rings. The van der Waals surface area contributed by atoms with Crippen molar-refractivity contribution in [3.8, 4) is 11.5 Å². The SMILES string of the molecule is Cc1ccc(F)cc1Oc1csc(C(=O)O)c1. The van der Waals surface area contributed by atoms with Crippen molar-refractivity contribution < 1.29 is 19.0 Å². The number of halogens is 1. The maximum absolute atomic E-state index is 13.0. The van der Waals surface area contributed by atoms with Crippen LogP contribution in [0, 0.1) is 12.7 Å². The average molecular weight is 252 g/mol. The van der Waals surface area contributed by atoms with Crippen molar-refractivity contribution in [3.63, 3.8) is 0 Å². The Balaban J connectivity index is 2.25. The first-order valence-corrected chi connectivity index (χ1v) is 5.70. The van der Waals surface area contributed by atoms with Crippen LogP contribution in [-0.4, -0.2) is 11.1 Å². The van der Waals surface area contributed by atoms with Gasteiger partial charge in [0.15, 0.2) is 0 Å². The quantitative estimate of drug-likeness (QED) is 0.906. The van der Waals surface area contributed by atoms with Gasteiger partial charge < -0.3 is 9.84 Å². The summed E-state index contributed by atoms with van der Waals surface area (Å²) in [5.41, 5.74) is 0.787. The molecule has 0 aliphatic rings. The van der Waals surface area contributed by atoms with Crippen molar-refractivity contribution in [3.05, 3.63) is 45.9 Å². The minimum atomic E-state index is -0.999. The Labute approximate surface area is 101 Å². The monoisotopic (exact) mass is 252 g/mol. The van der Waals surface area contributed by atoms with Crippen molar-refractivity contribution in [1.82, 2.24) is 0 Å². The third-order valence-electron chi connectivity index (χ3n) is 2.16. The fraction of sp³-hybridized carbons (Fsp3) is 0.0833. The zero-order chi connectivity index (χ0) is 12.4. The normalized spacial score (nSPS) is 10.2. The van der Waals surface area contributed by atoms with E-state index in [0.29, 0.717) is 11.5 Å². The molecule has 0 amide bonds. The minimum Gasteiger partial charge on any atom is -0.477 e. The topological polar surface area (TPSA) is 46.5 Å². The number of hydrogen-bond donors (Lipinski definition) is 1. The van der Waals surface area contributed by atoms with Crippen LogP contribution in [0.5, 0.6) is 11.5 Å². The number of carboxylic acid groups (broad SMARTS) is 1. The molecule has 1 N–H and O–H groups in total. The number of thiophene rings is 1. The van der Waals surface area contributed by atoms with Gasteiger partial charge in [0.1, 0.15) is 22.2 Å². The minimum absolute atomic E-state index is 0.189. The Morgan fingerprint density at radius 2 is 2.18 bits per heavy atom. The van der Waals surface area contributed by atoms with E-state index in [0.717, 1.165) is 16.9 Å². The van der Waals surface area contributed by atoms with E-state index in [1.54, 1.807) is 18.4 Å². The highest BCUT2D eigenvalue weighted by atomic mass is 32.1. The maximum Gasteiger partial charge on any atom is 0.346 e. The number of hydrogen-bond acceptors (Lipinski definition) is 3. The molecule has 1 aromatic heterocycles. The maximum atomic E-state index is 13.0. The second-order valence-corrected chi connectivity index (χ2v) is 4.37. The first-order valence-electron chi connectivity index (χ1n) is 4.82. The standard InChI is InChI=1S/C12H9FO3S/c1-7-2-3-8(13)4-10(7)16-9-5-11(12(14)15)17-6-9/h2-6H,1H3,(H,14,15). The fourth-order valence-corrected chi connectivity index (χ4v) is 1.94. The molecule has 0 radical (unpaired) electrons. The van der Waals surface area contributed by atoms with Gasteiger partial charge in [0.25, 0.3) is 0 Å². The van der Waals surface area contributed by atoms with Gasteiger partial charge in [-0.2, -0.15) is 0 Å². The summed E-state index contributed by atoms with van der Waals surface area (Å²) in [4.78, 5) is 10.9. The molecule has 5 heteroatoms. The molecule has 1 aromatic carbocycles. The van der Waals surface area contributed by atoms with Gasteiger partial charge >= 0.3 is 5.97 Å². The first kappa shape index (κ1) is 11.6. The highest BCUT2D eigenvalue weighted by Crippen LogP contribution is 2.29. The Kier molecular flexibility index (Phi) is 3.10. The highest BCUT2D eigenvalue weighted by molar-refractivity contribution is 7.12. The van der Waals surface area contributed by atoms with Crippen molar-refractivity contribution in [2.75, 3.05) is 0 Å². The molecule has 0 aliphatic heterocycles. The number of carbonyl (C=O) groups is 1. The number of aromatic carboxylic acids is 1. The van der Waals surface area contributed by atoms with Crippen LogP contribution in [0.3, 0.4) is 0 Å². The van der Waals surface area contributed by atoms with Gasteiger partial charge in [0, 0.05) is 17.5 Å². The van der Waals surface area contributed by atoms with Crippen molar-refractivity contribution in [2.24, 2.45) is 0 Å². The molecule has 0 saturated carbocycles. The van der Waals surface area contributed by atoms with E-state index >= 15 is 0 Å². The molecule has 3 nitrogen and oxygen atoms in total. The number of benzene rings is 1. The molecule has 0 spiro atoms. The number of aryl methyl sites for hydroxylation is 1.